The number of hydrogen-bond donors (Lipinski definition) is 1. The summed E-state index contributed by atoms with van der Waals surface area (Å²) in [7, 11) is 5.99. The van der Waals surface area contributed by atoms with E-state index >= 15 is 0 Å². The Morgan fingerprint density at radius 1 is 1.41 bits per heavy atom. The third kappa shape index (κ3) is 5.66. The molecule has 0 saturated carbocycles. The van der Waals surface area contributed by atoms with Gasteiger partial charge in [0.1, 0.15) is 0 Å². The molecule has 100 valence electrons. The molecule has 1 rings (SSSR count). The summed E-state index contributed by atoms with van der Waals surface area (Å²) in [6.07, 6.45) is 2.48. The molecule has 0 radical (unpaired) electrons. The quantitative estimate of drug-likeness (QED) is 0.582. The SMILES string of the molecule is COCCNC(=S)N1CCC(CN(C)C)CC1. The van der Waals surface area contributed by atoms with E-state index < -0.39 is 0 Å². The Morgan fingerprint density at radius 2 is 2.06 bits per heavy atom. The molecular formula is C12H25N3OS. The first-order valence-corrected chi connectivity index (χ1v) is 6.70. The van der Waals surface area contributed by atoms with Gasteiger partial charge in [-0.15, -0.1) is 0 Å². The predicted molar refractivity (Wildman–Crippen MR) is 75.3 cm³/mol. The summed E-state index contributed by atoms with van der Waals surface area (Å²) < 4.78 is 4.99. The van der Waals surface area contributed by atoms with Gasteiger partial charge < -0.3 is 19.9 Å². The van der Waals surface area contributed by atoms with Crippen molar-refractivity contribution in [3.8, 4) is 0 Å². The second-order valence-corrected chi connectivity index (χ2v) is 5.30. The average Bonchev–Trinajstić information content (AvgIpc) is 2.29. The third-order valence-electron chi connectivity index (χ3n) is 3.11. The summed E-state index contributed by atoms with van der Waals surface area (Å²) >= 11 is 5.36. The van der Waals surface area contributed by atoms with Crippen molar-refractivity contribution in [2.45, 2.75) is 12.8 Å². The standard InChI is InChI=1S/C12H25N3OS/c1-14(2)10-11-4-7-15(8-5-11)12(17)13-6-9-16-3/h11H,4-10H2,1-3H3,(H,13,17). The van der Waals surface area contributed by atoms with Gasteiger partial charge in [-0.2, -0.15) is 0 Å². The highest BCUT2D eigenvalue weighted by Crippen LogP contribution is 2.17. The van der Waals surface area contributed by atoms with Crippen LogP contribution in [0.2, 0.25) is 0 Å². The molecule has 0 aromatic carbocycles. The Balaban J connectivity index is 2.19. The average molecular weight is 259 g/mol. The van der Waals surface area contributed by atoms with Crippen molar-refractivity contribution in [3.05, 3.63) is 0 Å². The molecule has 0 bridgehead atoms. The van der Waals surface area contributed by atoms with E-state index in [0.29, 0.717) is 6.61 Å². The lowest BCUT2D eigenvalue weighted by Gasteiger charge is -2.34. The maximum Gasteiger partial charge on any atom is 0.169 e. The van der Waals surface area contributed by atoms with Crippen molar-refractivity contribution in [1.82, 2.24) is 15.1 Å². The van der Waals surface area contributed by atoms with Crippen LogP contribution in [0.5, 0.6) is 0 Å². The lowest BCUT2D eigenvalue weighted by Crippen LogP contribution is -2.46. The number of piperidine rings is 1. The largest absolute Gasteiger partial charge is 0.383 e. The van der Waals surface area contributed by atoms with E-state index in [1.807, 2.05) is 0 Å². The van der Waals surface area contributed by atoms with Crippen LogP contribution in [0.3, 0.4) is 0 Å². The molecule has 1 aliphatic heterocycles. The molecule has 0 aliphatic carbocycles. The van der Waals surface area contributed by atoms with Crippen molar-refractivity contribution >= 4 is 17.3 Å². The van der Waals surface area contributed by atoms with Crippen molar-refractivity contribution < 1.29 is 4.74 Å². The van der Waals surface area contributed by atoms with E-state index in [0.717, 1.165) is 30.7 Å². The summed E-state index contributed by atoms with van der Waals surface area (Å²) in [6, 6.07) is 0. The monoisotopic (exact) mass is 259 g/mol. The molecule has 0 aromatic rings. The topological polar surface area (TPSA) is 27.7 Å². The van der Waals surface area contributed by atoms with Crippen LogP contribution in [0.4, 0.5) is 0 Å². The predicted octanol–water partition coefficient (Wildman–Crippen LogP) is 0.781. The van der Waals surface area contributed by atoms with Crippen molar-refractivity contribution in [2.75, 3.05) is 54.0 Å². The Bertz CT molecular complexity index is 228. The van der Waals surface area contributed by atoms with Gasteiger partial charge in [-0.1, -0.05) is 0 Å². The van der Waals surface area contributed by atoms with Crippen LogP contribution in [0.1, 0.15) is 12.8 Å². The zero-order valence-electron chi connectivity index (χ0n) is 11.2. The van der Waals surface area contributed by atoms with Gasteiger partial charge in [-0.05, 0) is 45.1 Å². The maximum absolute atomic E-state index is 5.36. The fourth-order valence-electron chi connectivity index (χ4n) is 2.21. The minimum absolute atomic E-state index is 0.706. The first-order chi connectivity index (χ1) is 8.13. The molecule has 4 nitrogen and oxygen atoms in total. The summed E-state index contributed by atoms with van der Waals surface area (Å²) in [6.45, 7) is 4.86. The van der Waals surface area contributed by atoms with Crippen LogP contribution in [-0.2, 0) is 4.74 Å². The Labute approximate surface area is 110 Å². The maximum atomic E-state index is 5.36. The van der Waals surface area contributed by atoms with Crippen LogP contribution in [0.25, 0.3) is 0 Å². The Hall–Kier alpha value is -0.390. The minimum atomic E-state index is 0.706. The van der Waals surface area contributed by atoms with E-state index in [-0.39, 0.29) is 0 Å². The van der Waals surface area contributed by atoms with Crippen molar-refractivity contribution in [1.29, 1.82) is 0 Å². The van der Waals surface area contributed by atoms with E-state index in [1.165, 1.54) is 19.4 Å². The van der Waals surface area contributed by atoms with Gasteiger partial charge in [0.25, 0.3) is 0 Å². The second-order valence-electron chi connectivity index (χ2n) is 4.92. The lowest BCUT2D eigenvalue weighted by molar-refractivity contribution is 0.198. The molecule has 17 heavy (non-hydrogen) atoms. The van der Waals surface area contributed by atoms with Gasteiger partial charge in [-0.3, -0.25) is 0 Å². The van der Waals surface area contributed by atoms with Gasteiger partial charge in [0, 0.05) is 33.3 Å². The molecule has 0 atom stereocenters. The van der Waals surface area contributed by atoms with Gasteiger partial charge >= 0.3 is 0 Å². The number of nitrogens with one attached hydrogen (secondary N) is 1. The van der Waals surface area contributed by atoms with Crippen molar-refractivity contribution in [2.24, 2.45) is 5.92 Å². The number of likely N-dealkylation sites (tertiary alicyclic amines) is 1. The number of methoxy groups -OCH3 is 1. The summed E-state index contributed by atoms with van der Waals surface area (Å²) in [5, 5.41) is 4.11. The van der Waals surface area contributed by atoms with E-state index in [1.54, 1.807) is 7.11 Å². The Kier molecular flexibility index (Phi) is 6.77. The van der Waals surface area contributed by atoms with E-state index in [9.17, 15) is 0 Å². The molecule has 1 saturated heterocycles. The lowest BCUT2D eigenvalue weighted by atomic mass is 9.97. The van der Waals surface area contributed by atoms with Crippen LogP contribution in [0.15, 0.2) is 0 Å². The minimum Gasteiger partial charge on any atom is -0.383 e. The first kappa shape index (κ1) is 14.7. The van der Waals surface area contributed by atoms with Gasteiger partial charge in [0.05, 0.1) is 6.61 Å². The summed E-state index contributed by atoms with van der Waals surface area (Å²) in [5.74, 6) is 0.822. The smallest absolute Gasteiger partial charge is 0.169 e. The fraction of sp³-hybridized carbons (Fsp3) is 0.917. The second kappa shape index (κ2) is 7.84. The Morgan fingerprint density at radius 3 is 2.59 bits per heavy atom. The molecule has 0 aromatic heterocycles. The third-order valence-corrected chi connectivity index (χ3v) is 3.51. The number of nitrogens with zero attached hydrogens (tertiary/aromatic N) is 2. The van der Waals surface area contributed by atoms with Gasteiger partial charge in [0.2, 0.25) is 0 Å². The highest BCUT2D eigenvalue weighted by molar-refractivity contribution is 7.80. The zero-order chi connectivity index (χ0) is 12.7. The van der Waals surface area contributed by atoms with Crippen LogP contribution < -0.4 is 5.32 Å². The van der Waals surface area contributed by atoms with E-state index in [4.69, 9.17) is 17.0 Å². The van der Waals surface area contributed by atoms with Crippen molar-refractivity contribution in [3.63, 3.8) is 0 Å². The molecule has 0 amide bonds. The highest BCUT2D eigenvalue weighted by atomic mass is 32.1. The molecule has 1 N–H and O–H groups in total. The summed E-state index contributed by atoms with van der Waals surface area (Å²) in [5.41, 5.74) is 0. The van der Waals surface area contributed by atoms with Crippen LogP contribution in [0, 0.1) is 5.92 Å². The number of ether oxygens (including phenoxy) is 1. The number of rotatable bonds is 5. The fourth-order valence-corrected chi connectivity index (χ4v) is 2.49. The molecule has 5 heteroatoms. The van der Waals surface area contributed by atoms with Crippen LogP contribution in [-0.4, -0.2) is 68.9 Å². The van der Waals surface area contributed by atoms with Gasteiger partial charge in [-0.25, -0.2) is 0 Å². The molecule has 1 aliphatic rings. The number of thiocarbonyl (C=S) groups is 1. The zero-order valence-corrected chi connectivity index (χ0v) is 12.1. The molecule has 0 spiro atoms. The molecule has 0 unspecified atom stereocenters. The number of hydrogen-bond acceptors (Lipinski definition) is 3. The normalized spacial score (nSPS) is 17.5. The summed E-state index contributed by atoms with van der Waals surface area (Å²) in [4.78, 5) is 4.55. The highest BCUT2D eigenvalue weighted by Gasteiger charge is 2.20. The van der Waals surface area contributed by atoms with Gasteiger partial charge in [0.15, 0.2) is 5.11 Å². The molecule has 1 fully saturated rings. The van der Waals surface area contributed by atoms with Crippen LogP contribution >= 0.6 is 12.2 Å². The molecular weight excluding hydrogens is 234 g/mol. The molecule has 1 heterocycles. The first-order valence-electron chi connectivity index (χ1n) is 6.30. The van der Waals surface area contributed by atoms with E-state index in [2.05, 4.69) is 29.2 Å².